The Labute approximate surface area is 115 Å². The average Bonchev–Trinajstić information content (AvgIpc) is 2.45. The molecular weight excluding hydrogens is 267 g/mol. The van der Waals surface area contributed by atoms with Crippen molar-refractivity contribution < 1.29 is 17.9 Å². The lowest BCUT2D eigenvalue weighted by Gasteiger charge is -2.10. The molecule has 0 spiro atoms. The SMILES string of the molecule is COc1ccccc1CNCc1cc(F)c(F)cc1F. The molecule has 2 nitrogen and oxygen atoms in total. The highest BCUT2D eigenvalue weighted by atomic mass is 19.2. The number of hydrogen-bond acceptors (Lipinski definition) is 2. The molecule has 0 bridgehead atoms. The van der Waals surface area contributed by atoms with Crippen molar-refractivity contribution in [3.8, 4) is 5.75 Å². The van der Waals surface area contributed by atoms with Crippen molar-refractivity contribution in [2.24, 2.45) is 0 Å². The van der Waals surface area contributed by atoms with Gasteiger partial charge in [0.1, 0.15) is 11.6 Å². The second-order valence-electron chi connectivity index (χ2n) is 4.27. The molecule has 0 heterocycles. The minimum atomic E-state index is -1.18. The molecule has 0 aliphatic heterocycles. The molecule has 0 saturated heterocycles. The van der Waals surface area contributed by atoms with E-state index in [-0.39, 0.29) is 12.1 Å². The Morgan fingerprint density at radius 1 is 0.900 bits per heavy atom. The highest BCUT2D eigenvalue weighted by Crippen LogP contribution is 2.17. The van der Waals surface area contributed by atoms with Crippen LogP contribution in [0.15, 0.2) is 36.4 Å². The van der Waals surface area contributed by atoms with E-state index < -0.39 is 17.5 Å². The zero-order valence-corrected chi connectivity index (χ0v) is 10.9. The number of nitrogens with one attached hydrogen (secondary N) is 1. The molecule has 20 heavy (non-hydrogen) atoms. The van der Waals surface area contributed by atoms with E-state index in [1.54, 1.807) is 7.11 Å². The topological polar surface area (TPSA) is 21.3 Å². The van der Waals surface area contributed by atoms with Crippen LogP contribution in [0.25, 0.3) is 0 Å². The van der Waals surface area contributed by atoms with Crippen molar-refractivity contribution in [1.29, 1.82) is 0 Å². The standard InChI is InChI=1S/C15H14F3NO/c1-20-15-5-3-2-4-10(15)8-19-9-11-6-13(17)14(18)7-12(11)16/h2-7,19H,8-9H2,1H3. The third-order valence-corrected chi connectivity index (χ3v) is 2.91. The average molecular weight is 281 g/mol. The Hall–Kier alpha value is -2.01. The van der Waals surface area contributed by atoms with E-state index in [4.69, 9.17) is 4.74 Å². The van der Waals surface area contributed by atoms with Crippen LogP contribution in [0, 0.1) is 17.5 Å². The smallest absolute Gasteiger partial charge is 0.161 e. The van der Waals surface area contributed by atoms with E-state index in [1.807, 2.05) is 24.3 Å². The summed E-state index contributed by atoms with van der Waals surface area (Å²) in [4.78, 5) is 0. The van der Waals surface area contributed by atoms with Crippen LogP contribution >= 0.6 is 0 Å². The Morgan fingerprint density at radius 3 is 2.30 bits per heavy atom. The lowest BCUT2D eigenvalue weighted by Crippen LogP contribution is -2.14. The van der Waals surface area contributed by atoms with E-state index in [0.29, 0.717) is 18.4 Å². The first-order chi connectivity index (χ1) is 9.61. The van der Waals surface area contributed by atoms with E-state index >= 15 is 0 Å². The van der Waals surface area contributed by atoms with Gasteiger partial charge in [0, 0.05) is 30.3 Å². The van der Waals surface area contributed by atoms with Gasteiger partial charge in [-0.3, -0.25) is 0 Å². The van der Waals surface area contributed by atoms with Crippen LogP contribution in [0.1, 0.15) is 11.1 Å². The zero-order valence-electron chi connectivity index (χ0n) is 10.9. The first kappa shape index (κ1) is 14.4. The van der Waals surface area contributed by atoms with Gasteiger partial charge < -0.3 is 10.1 Å². The molecule has 2 aromatic carbocycles. The first-order valence-corrected chi connectivity index (χ1v) is 6.08. The molecule has 2 aromatic rings. The number of methoxy groups -OCH3 is 1. The number of hydrogen-bond donors (Lipinski definition) is 1. The largest absolute Gasteiger partial charge is 0.496 e. The molecule has 0 saturated carbocycles. The lowest BCUT2D eigenvalue weighted by atomic mass is 10.1. The van der Waals surface area contributed by atoms with E-state index in [0.717, 1.165) is 11.6 Å². The second-order valence-corrected chi connectivity index (χ2v) is 4.27. The summed E-state index contributed by atoms with van der Waals surface area (Å²) in [6.07, 6.45) is 0. The van der Waals surface area contributed by atoms with Gasteiger partial charge in [-0.2, -0.15) is 0 Å². The van der Waals surface area contributed by atoms with Crippen molar-refractivity contribution in [1.82, 2.24) is 5.32 Å². The van der Waals surface area contributed by atoms with Crippen molar-refractivity contribution in [3.05, 3.63) is 65.0 Å². The summed E-state index contributed by atoms with van der Waals surface area (Å²) in [7, 11) is 1.56. The normalized spacial score (nSPS) is 10.6. The van der Waals surface area contributed by atoms with E-state index in [1.165, 1.54) is 0 Å². The molecule has 0 aromatic heterocycles. The van der Waals surface area contributed by atoms with E-state index in [9.17, 15) is 13.2 Å². The summed E-state index contributed by atoms with van der Waals surface area (Å²) < 4.78 is 44.4. The zero-order chi connectivity index (χ0) is 14.5. The number of para-hydroxylation sites is 1. The maximum absolute atomic E-state index is 13.4. The molecule has 0 aliphatic carbocycles. The van der Waals surface area contributed by atoms with Crippen LogP contribution in [0.2, 0.25) is 0 Å². The Balaban J connectivity index is 2.01. The fourth-order valence-corrected chi connectivity index (χ4v) is 1.88. The number of ether oxygens (including phenoxy) is 1. The number of rotatable bonds is 5. The van der Waals surface area contributed by atoms with Gasteiger partial charge in [0.05, 0.1) is 7.11 Å². The van der Waals surface area contributed by atoms with Crippen molar-refractivity contribution in [3.63, 3.8) is 0 Å². The predicted octanol–water partition coefficient (Wildman–Crippen LogP) is 3.40. The van der Waals surface area contributed by atoms with Gasteiger partial charge in [0.15, 0.2) is 11.6 Å². The van der Waals surface area contributed by atoms with Crippen molar-refractivity contribution in [2.45, 2.75) is 13.1 Å². The van der Waals surface area contributed by atoms with Crippen molar-refractivity contribution in [2.75, 3.05) is 7.11 Å². The summed E-state index contributed by atoms with van der Waals surface area (Å²) in [6, 6.07) is 8.80. The molecule has 5 heteroatoms. The molecule has 0 fully saturated rings. The molecular formula is C15H14F3NO. The van der Waals surface area contributed by atoms with Gasteiger partial charge in [0.25, 0.3) is 0 Å². The fourth-order valence-electron chi connectivity index (χ4n) is 1.88. The molecule has 106 valence electrons. The van der Waals surface area contributed by atoms with Gasteiger partial charge in [-0.05, 0) is 12.1 Å². The summed E-state index contributed by atoms with van der Waals surface area (Å²) in [5.41, 5.74) is 0.983. The minimum absolute atomic E-state index is 0.0822. The van der Waals surface area contributed by atoms with Gasteiger partial charge in [-0.15, -0.1) is 0 Å². The predicted molar refractivity (Wildman–Crippen MR) is 69.9 cm³/mol. The van der Waals surface area contributed by atoms with Gasteiger partial charge in [-0.25, -0.2) is 13.2 Å². The molecule has 2 rings (SSSR count). The Morgan fingerprint density at radius 2 is 1.55 bits per heavy atom. The molecule has 1 N–H and O–H groups in total. The van der Waals surface area contributed by atoms with Crippen LogP contribution < -0.4 is 10.1 Å². The van der Waals surface area contributed by atoms with Gasteiger partial charge in [-0.1, -0.05) is 18.2 Å². The van der Waals surface area contributed by atoms with Gasteiger partial charge in [0.2, 0.25) is 0 Å². The Kier molecular flexibility index (Phi) is 4.63. The molecule has 0 amide bonds. The minimum Gasteiger partial charge on any atom is -0.496 e. The third kappa shape index (κ3) is 3.30. The van der Waals surface area contributed by atoms with Gasteiger partial charge >= 0.3 is 0 Å². The fraction of sp³-hybridized carbons (Fsp3) is 0.200. The summed E-state index contributed by atoms with van der Waals surface area (Å²) in [6.45, 7) is 0.531. The van der Waals surface area contributed by atoms with Crippen LogP contribution in [0.5, 0.6) is 5.75 Å². The lowest BCUT2D eigenvalue weighted by molar-refractivity contribution is 0.407. The maximum atomic E-state index is 13.4. The third-order valence-electron chi connectivity index (χ3n) is 2.91. The monoisotopic (exact) mass is 281 g/mol. The molecule has 0 radical (unpaired) electrons. The summed E-state index contributed by atoms with van der Waals surface area (Å²) in [5, 5.41) is 2.97. The van der Waals surface area contributed by atoms with E-state index in [2.05, 4.69) is 5.32 Å². The van der Waals surface area contributed by atoms with Crippen LogP contribution in [-0.4, -0.2) is 7.11 Å². The number of halogens is 3. The molecule has 0 unspecified atom stereocenters. The second kappa shape index (κ2) is 6.43. The molecule has 0 aliphatic rings. The first-order valence-electron chi connectivity index (χ1n) is 6.08. The summed E-state index contributed by atoms with van der Waals surface area (Å²) >= 11 is 0. The highest BCUT2D eigenvalue weighted by molar-refractivity contribution is 5.33. The maximum Gasteiger partial charge on any atom is 0.161 e. The van der Waals surface area contributed by atoms with Crippen LogP contribution in [0.3, 0.4) is 0 Å². The van der Waals surface area contributed by atoms with Crippen molar-refractivity contribution >= 4 is 0 Å². The Bertz CT molecular complexity index is 602. The number of benzene rings is 2. The highest BCUT2D eigenvalue weighted by Gasteiger charge is 2.09. The molecule has 0 atom stereocenters. The summed E-state index contributed by atoms with van der Waals surface area (Å²) in [5.74, 6) is -2.29. The quantitative estimate of drug-likeness (QED) is 0.848. The van der Waals surface area contributed by atoms with Crippen LogP contribution in [-0.2, 0) is 13.1 Å². The van der Waals surface area contributed by atoms with Crippen LogP contribution in [0.4, 0.5) is 13.2 Å².